The van der Waals surface area contributed by atoms with Crippen LogP contribution in [0.2, 0.25) is 0 Å². The van der Waals surface area contributed by atoms with Gasteiger partial charge in [0.2, 0.25) is 5.78 Å². The number of morpholine rings is 2. The van der Waals surface area contributed by atoms with Crippen LogP contribution in [0, 0.1) is 0 Å². The fourth-order valence-electron chi connectivity index (χ4n) is 5.44. The molecule has 2 fully saturated rings. The van der Waals surface area contributed by atoms with E-state index in [0.29, 0.717) is 37.9 Å². The molecule has 2 saturated heterocycles. The zero-order chi connectivity index (χ0) is 33.0. The lowest BCUT2D eigenvalue weighted by Crippen LogP contribution is -2.54. The third-order valence-electron chi connectivity index (χ3n) is 8.32. The van der Waals surface area contributed by atoms with Crippen molar-refractivity contribution in [1.82, 2.24) is 9.80 Å². The van der Waals surface area contributed by atoms with E-state index in [-0.39, 0.29) is 11.6 Å². The second-order valence-electron chi connectivity index (χ2n) is 11.4. The predicted molar refractivity (Wildman–Crippen MR) is 187 cm³/mol. The second-order valence-corrected chi connectivity index (χ2v) is 13.4. The molecule has 0 atom stereocenters. The molecule has 3 aromatic carbocycles. The summed E-state index contributed by atoms with van der Waals surface area (Å²) in [6.45, 7) is 10.2. The van der Waals surface area contributed by atoms with Crippen molar-refractivity contribution in [3.8, 4) is 11.1 Å². The number of hydrogen-bond donors (Lipinski definition) is 0. The van der Waals surface area contributed by atoms with E-state index in [0.717, 1.165) is 42.9 Å². The minimum Gasteiger partial charge on any atom is -0.379 e. The molecule has 0 saturated carbocycles. The maximum Gasteiger partial charge on any atom is 0.285 e. The number of ether oxygens (including phenoxy) is 4. The van der Waals surface area contributed by atoms with Gasteiger partial charge in [-0.05, 0) is 43.4 Å². The summed E-state index contributed by atoms with van der Waals surface area (Å²) in [4.78, 5) is 31.8. The predicted octanol–water partition coefficient (Wildman–Crippen LogP) is 6.21. The summed E-state index contributed by atoms with van der Waals surface area (Å²) in [5.41, 5.74) is 2.76. The van der Waals surface area contributed by atoms with Crippen LogP contribution in [0.4, 0.5) is 0 Å². The summed E-state index contributed by atoms with van der Waals surface area (Å²) in [7, 11) is 3.03. The highest BCUT2D eigenvalue weighted by Gasteiger charge is 2.42. The van der Waals surface area contributed by atoms with Crippen molar-refractivity contribution in [2.75, 3.05) is 79.0 Å². The number of methoxy groups -OCH3 is 2. The molecule has 0 bridgehead atoms. The number of benzene rings is 3. The highest BCUT2D eigenvalue weighted by molar-refractivity contribution is 8.01. The van der Waals surface area contributed by atoms with Gasteiger partial charge in [0.15, 0.2) is 5.78 Å². The summed E-state index contributed by atoms with van der Waals surface area (Å²) in [5, 5.41) is -1.39. The van der Waals surface area contributed by atoms with Crippen LogP contribution in [-0.4, -0.2) is 111 Å². The van der Waals surface area contributed by atoms with E-state index in [1.165, 1.54) is 30.9 Å². The van der Waals surface area contributed by atoms with Crippen molar-refractivity contribution in [2.45, 2.75) is 29.4 Å². The van der Waals surface area contributed by atoms with Crippen molar-refractivity contribution in [3.63, 3.8) is 0 Å². The van der Waals surface area contributed by atoms with Crippen molar-refractivity contribution >= 4 is 35.1 Å². The fraction of sp³-hybridized carbons (Fsp3) is 0.444. The Hall–Kier alpha value is -2.54. The number of ketones is 2. The number of nitrogens with zero attached hydrogens (tertiary/aromatic N) is 2. The summed E-state index contributed by atoms with van der Waals surface area (Å²) in [5.74, 6) is 0.622. The van der Waals surface area contributed by atoms with Crippen LogP contribution in [-0.2, 0) is 18.9 Å². The van der Waals surface area contributed by atoms with E-state index in [2.05, 4.69) is 9.80 Å². The Morgan fingerprint density at radius 3 is 1.91 bits per heavy atom. The molecular formula is C36H46N2O6S2. The smallest absolute Gasteiger partial charge is 0.285 e. The molecule has 0 spiro atoms. The third-order valence-corrected chi connectivity index (χ3v) is 10.5. The zero-order valence-corrected chi connectivity index (χ0v) is 29.2. The van der Waals surface area contributed by atoms with Gasteiger partial charge in [-0.15, -0.1) is 11.8 Å². The van der Waals surface area contributed by atoms with Crippen LogP contribution in [0.3, 0.4) is 0 Å². The Bertz CT molecular complexity index is 1390. The Balaban J connectivity index is 0.000000222. The van der Waals surface area contributed by atoms with E-state index < -0.39 is 10.7 Å². The minimum absolute atomic E-state index is 0.182. The van der Waals surface area contributed by atoms with Gasteiger partial charge in [-0.25, -0.2) is 0 Å². The Morgan fingerprint density at radius 1 is 0.761 bits per heavy atom. The molecule has 2 heterocycles. The first-order chi connectivity index (χ1) is 22.3. The summed E-state index contributed by atoms with van der Waals surface area (Å²) < 4.78 is 22.0. The van der Waals surface area contributed by atoms with E-state index >= 15 is 0 Å². The van der Waals surface area contributed by atoms with Crippen LogP contribution in [0.1, 0.15) is 34.6 Å². The fourth-order valence-corrected chi connectivity index (χ4v) is 6.93. The Labute approximate surface area is 282 Å². The molecule has 248 valence electrons. The highest BCUT2D eigenvalue weighted by Crippen LogP contribution is 2.35. The van der Waals surface area contributed by atoms with Gasteiger partial charge in [-0.3, -0.25) is 19.4 Å². The lowest BCUT2D eigenvalue weighted by molar-refractivity contribution is -0.102. The first-order valence-corrected chi connectivity index (χ1v) is 17.7. The first kappa shape index (κ1) is 36.3. The van der Waals surface area contributed by atoms with Crippen molar-refractivity contribution in [3.05, 3.63) is 90.0 Å². The van der Waals surface area contributed by atoms with Crippen LogP contribution < -0.4 is 0 Å². The quantitative estimate of drug-likeness (QED) is 0.127. The number of carbonyl (C=O) groups is 2. The van der Waals surface area contributed by atoms with Gasteiger partial charge in [0.1, 0.15) is 0 Å². The summed E-state index contributed by atoms with van der Waals surface area (Å²) in [6.07, 6.45) is 2.04. The maximum atomic E-state index is 13.5. The molecule has 46 heavy (non-hydrogen) atoms. The monoisotopic (exact) mass is 666 g/mol. The van der Waals surface area contributed by atoms with Crippen LogP contribution in [0.25, 0.3) is 11.1 Å². The molecule has 3 aromatic rings. The maximum absolute atomic E-state index is 13.5. The standard InChI is InChI=1S/C21H25NO4S.C15H21NO2S/c1-24-21(25-2,27-16-22-12-14-26-15-13-22)20(23)19-11-7-6-10-18(19)17-8-4-3-5-9-17;1-15(2,16-8-10-18-11-9-16)14(17)12-4-6-13(19-3)7-5-12/h3-11H,12-16H2,1-2H3;4-7H,8-11H2,1-3H3. The van der Waals surface area contributed by atoms with E-state index in [1.807, 2.05) is 99.0 Å². The number of Topliss-reactive ketones (excluding diaryl/α,β-unsaturated/α-hetero) is 2. The van der Waals surface area contributed by atoms with Gasteiger partial charge in [0, 0.05) is 56.4 Å². The average molecular weight is 667 g/mol. The molecule has 0 unspecified atom stereocenters. The van der Waals surface area contributed by atoms with Gasteiger partial charge in [0.05, 0.1) is 37.8 Å². The van der Waals surface area contributed by atoms with Crippen LogP contribution in [0.5, 0.6) is 0 Å². The largest absolute Gasteiger partial charge is 0.379 e. The normalized spacial score (nSPS) is 16.4. The average Bonchev–Trinajstić information content (AvgIpc) is 3.13. The van der Waals surface area contributed by atoms with Crippen molar-refractivity contribution in [2.24, 2.45) is 0 Å². The number of carbonyl (C=O) groups excluding carboxylic acids is 2. The molecule has 8 nitrogen and oxygen atoms in total. The molecule has 10 heteroatoms. The lowest BCUT2D eigenvalue weighted by atomic mass is 9.91. The van der Waals surface area contributed by atoms with E-state index in [1.54, 1.807) is 11.8 Å². The number of hydrogen-bond acceptors (Lipinski definition) is 10. The minimum atomic E-state index is -1.39. The summed E-state index contributed by atoms with van der Waals surface area (Å²) in [6, 6.07) is 25.3. The Kier molecular flexibility index (Phi) is 13.9. The molecule has 0 aromatic heterocycles. The molecule has 0 aliphatic carbocycles. The van der Waals surface area contributed by atoms with Gasteiger partial charge in [-0.2, -0.15) is 0 Å². The van der Waals surface area contributed by atoms with Gasteiger partial charge < -0.3 is 18.9 Å². The Morgan fingerprint density at radius 2 is 1.33 bits per heavy atom. The molecular weight excluding hydrogens is 621 g/mol. The van der Waals surface area contributed by atoms with Crippen molar-refractivity contribution in [1.29, 1.82) is 0 Å². The molecule has 5 rings (SSSR count). The van der Waals surface area contributed by atoms with Crippen molar-refractivity contribution < 1.29 is 28.5 Å². The first-order valence-electron chi connectivity index (χ1n) is 15.5. The van der Waals surface area contributed by atoms with Crippen LogP contribution >= 0.6 is 23.5 Å². The molecule has 0 amide bonds. The SMILES string of the molecule is COC(OC)(SCN1CCOCC1)C(=O)c1ccccc1-c1ccccc1.CSc1ccc(C(=O)C(C)(C)N2CCOCC2)cc1. The molecule has 0 radical (unpaired) electrons. The molecule has 2 aliphatic heterocycles. The van der Waals surface area contributed by atoms with Crippen LogP contribution in [0.15, 0.2) is 83.8 Å². The second kappa shape index (κ2) is 17.6. The topological polar surface area (TPSA) is 77.5 Å². The third kappa shape index (κ3) is 9.08. The lowest BCUT2D eigenvalue weighted by Gasteiger charge is -2.39. The van der Waals surface area contributed by atoms with Gasteiger partial charge in [0.25, 0.3) is 5.12 Å². The van der Waals surface area contributed by atoms with Gasteiger partial charge >= 0.3 is 0 Å². The number of rotatable bonds is 12. The number of thioether (sulfide) groups is 2. The van der Waals surface area contributed by atoms with Gasteiger partial charge in [-0.1, -0.05) is 78.5 Å². The highest BCUT2D eigenvalue weighted by atomic mass is 32.2. The molecule has 2 aliphatic rings. The van der Waals surface area contributed by atoms with E-state index in [9.17, 15) is 9.59 Å². The zero-order valence-electron chi connectivity index (χ0n) is 27.5. The summed E-state index contributed by atoms with van der Waals surface area (Å²) >= 11 is 3.05. The van der Waals surface area contributed by atoms with E-state index in [4.69, 9.17) is 18.9 Å². The molecule has 0 N–H and O–H groups in total.